The highest BCUT2D eigenvalue weighted by Gasteiger charge is 2.16. The first-order chi connectivity index (χ1) is 7.53. The van der Waals surface area contributed by atoms with Crippen LogP contribution >= 0.6 is 0 Å². The van der Waals surface area contributed by atoms with E-state index in [4.69, 9.17) is 15.6 Å². The predicted molar refractivity (Wildman–Crippen MR) is 69.5 cm³/mol. The zero-order chi connectivity index (χ0) is 13.7. The third kappa shape index (κ3) is 9.12. The molecule has 0 aliphatic rings. The molecule has 0 fully saturated rings. The van der Waals surface area contributed by atoms with Gasteiger partial charge in [0.05, 0.1) is 0 Å². The van der Waals surface area contributed by atoms with Gasteiger partial charge in [0.25, 0.3) is 0 Å². The van der Waals surface area contributed by atoms with Crippen molar-refractivity contribution in [3.63, 3.8) is 0 Å². The first-order valence-corrected chi connectivity index (χ1v) is 7.66. The van der Waals surface area contributed by atoms with E-state index in [0.29, 0.717) is 5.75 Å². The van der Waals surface area contributed by atoms with Gasteiger partial charge in [0.2, 0.25) is 0 Å². The summed E-state index contributed by atoms with van der Waals surface area (Å²) in [6.07, 6.45) is 1.75. The first kappa shape index (κ1) is 16.4. The molecular weight excluding hydrogens is 240 g/mol. The SMILES string of the molecule is CC(C)(C)CCCS(=N)(=O)CCC(N)C(=O)O. The molecule has 0 radical (unpaired) electrons. The van der Waals surface area contributed by atoms with Gasteiger partial charge in [0.15, 0.2) is 0 Å². The fraction of sp³-hybridized carbons (Fsp3) is 0.909. The lowest BCUT2D eigenvalue weighted by Gasteiger charge is -2.18. The quantitative estimate of drug-likeness (QED) is 0.650. The van der Waals surface area contributed by atoms with Gasteiger partial charge in [-0.3, -0.25) is 9.57 Å². The Morgan fingerprint density at radius 2 is 1.94 bits per heavy atom. The van der Waals surface area contributed by atoms with Gasteiger partial charge < -0.3 is 10.8 Å². The number of hydrogen-bond acceptors (Lipinski definition) is 4. The summed E-state index contributed by atoms with van der Waals surface area (Å²) in [4.78, 5) is 10.5. The number of nitrogens with two attached hydrogens (primary N) is 1. The number of carbonyl (C=O) groups is 1. The Bertz CT molecular complexity index is 344. The second-order valence-electron chi connectivity index (χ2n) is 5.62. The average Bonchev–Trinajstić information content (AvgIpc) is 2.11. The summed E-state index contributed by atoms with van der Waals surface area (Å²) < 4.78 is 19.5. The fourth-order valence-corrected chi connectivity index (χ4v) is 2.83. The van der Waals surface area contributed by atoms with E-state index in [-0.39, 0.29) is 17.6 Å². The van der Waals surface area contributed by atoms with Crippen molar-refractivity contribution in [1.29, 1.82) is 4.78 Å². The van der Waals surface area contributed by atoms with E-state index < -0.39 is 21.7 Å². The fourth-order valence-electron chi connectivity index (χ4n) is 1.38. The lowest BCUT2D eigenvalue weighted by atomic mass is 9.91. The molecule has 4 N–H and O–H groups in total. The van der Waals surface area contributed by atoms with Crippen LogP contribution in [0.3, 0.4) is 0 Å². The molecule has 6 heteroatoms. The number of hydrogen-bond donors (Lipinski definition) is 3. The van der Waals surface area contributed by atoms with Crippen LogP contribution in [0.5, 0.6) is 0 Å². The predicted octanol–water partition coefficient (Wildman–Crippen LogP) is 1.66. The Balaban J connectivity index is 4.01. The molecule has 0 amide bonds. The largest absolute Gasteiger partial charge is 0.480 e. The molecule has 0 bridgehead atoms. The summed E-state index contributed by atoms with van der Waals surface area (Å²) in [6.45, 7) is 6.29. The number of aliphatic carboxylic acids is 1. The van der Waals surface area contributed by atoms with Crippen molar-refractivity contribution < 1.29 is 14.1 Å². The van der Waals surface area contributed by atoms with Gasteiger partial charge in [-0.15, -0.1) is 0 Å². The standard InChI is InChI=1S/C11H24N2O3S/c1-11(2,3)6-4-7-17(13,16)8-5-9(12)10(14)15/h9,13H,4-8,12H2,1-3H3,(H,14,15). The first-order valence-electron chi connectivity index (χ1n) is 5.76. The monoisotopic (exact) mass is 264 g/mol. The second kappa shape index (κ2) is 6.35. The zero-order valence-electron chi connectivity index (χ0n) is 10.9. The number of nitrogens with one attached hydrogen (secondary N) is 1. The van der Waals surface area contributed by atoms with E-state index in [1.54, 1.807) is 0 Å². The summed E-state index contributed by atoms with van der Waals surface area (Å²) >= 11 is 0. The highest BCUT2D eigenvalue weighted by Crippen LogP contribution is 2.21. The highest BCUT2D eigenvalue weighted by atomic mass is 32.2. The molecule has 17 heavy (non-hydrogen) atoms. The average molecular weight is 264 g/mol. The third-order valence-corrected chi connectivity index (χ3v) is 4.32. The summed E-state index contributed by atoms with van der Waals surface area (Å²) in [7, 11) is -2.68. The van der Waals surface area contributed by atoms with Gasteiger partial charge >= 0.3 is 5.97 Å². The Labute approximate surface area is 104 Å². The molecule has 0 aliphatic carbocycles. The van der Waals surface area contributed by atoms with Crippen LogP contribution in [0.1, 0.15) is 40.0 Å². The Morgan fingerprint density at radius 3 is 2.35 bits per heavy atom. The molecule has 2 unspecified atom stereocenters. The van der Waals surface area contributed by atoms with Gasteiger partial charge in [-0.05, 0) is 24.7 Å². The topological polar surface area (TPSA) is 104 Å². The van der Waals surface area contributed by atoms with Crippen molar-refractivity contribution in [2.24, 2.45) is 11.1 Å². The van der Waals surface area contributed by atoms with E-state index in [9.17, 15) is 9.00 Å². The van der Waals surface area contributed by atoms with Crippen LogP contribution in [-0.2, 0) is 14.5 Å². The zero-order valence-corrected chi connectivity index (χ0v) is 11.7. The molecule has 0 aliphatic heterocycles. The molecule has 0 heterocycles. The minimum Gasteiger partial charge on any atom is -0.480 e. The molecule has 0 saturated carbocycles. The molecule has 0 spiro atoms. The van der Waals surface area contributed by atoms with Crippen molar-refractivity contribution in [3.8, 4) is 0 Å². The lowest BCUT2D eigenvalue weighted by molar-refractivity contribution is -0.138. The molecule has 0 aromatic rings. The van der Waals surface area contributed by atoms with Gasteiger partial charge in [-0.1, -0.05) is 20.8 Å². The van der Waals surface area contributed by atoms with Crippen molar-refractivity contribution in [1.82, 2.24) is 0 Å². The van der Waals surface area contributed by atoms with Crippen LogP contribution in [0, 0.1) is 10.2 Å². The van der Waals surface area contributed by atoms with E-state index in [1.165, 1.54) is 0 Å². The van der Waals surface area contributed by atoms with Crippen LogP contribution < -0.4 is 5.73 Å². The Morgan fingerprint density at radius 1 is 1.41 bits per heavy atom. The maximum Gasteiger partial charge on any atom is 0.320 e. The minimum atomic E-state index is -2.68. The molecular formula is C11H24N2O3S. The molecule has 2 atom stereocenters. The minimum absolute atomic E-state index is 0.0740. The highest BCUT2D eigenvalue weighted by molar-refractivity contribution is 7.92. The molecule has 0 aromatic heterocycles. The molecule has 0 aromatic carbocycles. The molecule has 5 nitrogen and oxygen atoms in total. The van der Waals surface area contributed by atoms with E-state index in [0.717, 1.165) is 12.8 Å². The lowest BCUT2D eigenvalue weighted by Crippen LogP contribution is -2.32. The van der Waals surface area contributed by atoms with Crippen LogP contribution in [0.2, 0.25) is 0 Å². The van der Waals surface area contributed by atoms with Gasteiger partial charge in [0, 0.05) is 21.2 Å². The van der Waals surface area contributed by atoms with Crippen molar-refractivity contribution >= 4 is 15.7 Å². The number of carboxylic acids is 1. The summed E-state index contributed by atoms with van der Waals surface area (Å²) in [5.74, 6) is -0.698. The normalized spacial score (nSPS) is 17.4. The number of rotatable bonds is 7. The molecule has 102 valence electrons. The van der Waals surface area contributed by atoms with Crippen LogP contribution in [0.4, 0.5) is 0 Å². The van der Waals surface area contributed by atoms with Crippen molar-refractivity contribution in [2.75, 3.05) is 11.5 Å². The maximum atomic E-state index is 11.8. The van der Waals surface area contributed by atoms with Crippen LogP contribution in [0.25, 0.3) is 0 Å². The van der Waals surface area contributed by atoms with Gasteiger partial charge in [0.1, 0.15) is 6.04 Å². The van der Waals surface area contributed by atoms with E-state index in [1.807, 2.05) is 0 Å². The Kier molecular flexibility index (Phi) is 6.12. The van der Waals surface area contributed by atoms with Crippen LogP contribution in [-0.4, -0.2) is 32.8 Å². The molecule has 0 saturated heterocycles. The summed E-state index contributed by atoms with van der Waals surface area (Å²) in [6, 6.07) is -1.01. The van der Waals surface area contributed by atoms with E-state index in [2.05, 4.69) is 20.8 Å². The number of carboxylic acid groups (broad SMARTS) is 1. The molecule has 0 rings (SSSR count). The second-order valence-corrected chi connectivity index (χ2v) is 8.06. The van der Waals surface area contributed by atoms with Gasteiger partial charge in [-0.25, -0.2) is 4.21 Å². The Hall–Kier alpha value is -0.620. The van der Waals surface area contributed by atoms with Crippen LogP contribution in [0.15, 0.2) is 0 Å². The summed E-state index contributed by atoms with van der Waals surface area (Å²) in [5, 5.41) is 8.58. The summed E-state index contributed by atoms with van der Waals surface area (Å²) in [5.41, 5.74) is 5.49. The maximum absolute atomic E-state index is 11.8. The third-order valence-electron chi connectivity index (χ3n) is 2.48. The van der Waals surface area contributed by atoms with Gasteiger partial charge in [-0.2, -0.15) is 0 Å². The van der Waals surface area contributed by atoms with Crippen molar-refractivity contribution in [2.45, 2.75) is 46.1 Å². The van der Waals surface area contributed by atoms with E-state index >= 15 is 0 Å². The smallest absolute Gasteiger partial charge is 0.320 e. The van der Waals surface area contributed by atoms with Crippen molar-refractivity contribution in [3.05, 3.63) is 0 Å².